The summed E-state index contributed by atoms with van der Waals surface area (Å²) >= 11 is 0. The second-order valence-corrected chi connectivity index (χ2v) is 6.77. The van der Waals surface area contributed by atoms with Crippen molar-refractivity contribution in [2.24, 2.45) is 0 Å². The Morgan fingerprint density at radius 1 is 1.14 bits per heavy atom. The zero-order valence-electron chi connectivity index (χ0n) is 16.1. The van der Waals surface area contributed by atoms with Crippen molar-refractivity contribution in [3.63, 3.8) is 0 Å². The number of amides is 2. The van der Waals surface area contributed by atoms with Crippen LogP contribution in [0.5, 0.6) is 5.88 Å². The lowest BCUT2D eigenvalue weighted by atomic mass is 10.0. The van der Waals surface area contributed by atoms with E-state index in [0.29, 0.717) is 25.5 Å². The summed E-state index contributed by atoms with van der Waals surface area (Å²) in [6, 6.07) is 9.60. The number of ether oxygens (including phenoxy) is 1. The van der Waals surface area contributed by atoms with E-state index in [4.69, 9.17) is 4.74 Å². The number of rotatable bonds is 3. The fourth-order valence-electron chi connectivity index (χ4n) is 3.24. The fourth-order valence-corrected chi connectivity index (χ4v) is 3.24. The van der Waals surface area contributed by atoms with E-state index in [1.807, 2.05) is 48.9 Å². The minimum absolute atomic E-state index is 0.139. The van der Waals surface area contributed by atoms with Gasteiger partial charge in [0.25, 0.3) is 0 Å². The van der Waals surface area contributed by atoms with Crippen molar-refractivity contribution in [2.45, 2.75) is 26.9 Å². The number of carbonyl (C=O) groups excluding carboxylic acids is 1. The number of aromatic nitrogens is 4. The molecule has 144 valence electrons. The molecule has 4 rings (SSSR count). The number of benzene rings is 1. The Morgan fingerprint density at radius 2 is 1.96 bits per heavy atom. The van der Waals surface area contributed by atoms with Crippen LogP contribution in [0.4, 0.5) is 10.5 Å². The van der Waals surface area contributed by atoms with E-state index in [1.54, 1.807) is 18.2 Å². The molecule has 2 aromatic heterocycles. The van der Waals surface area contributed by atoms with Gasteiger partial charge in [-0.2, -0.15) is 5.10 Å². The van der Waals surface area contributed by atoms with Gasteiger partial charge in [-0.15, -0.1) is 0 Å². The number of fused-ring (bicyclic) bond motifs is 1. The van der Waals surface area contributed by atoms with Crippen LogP contribution in [0.15, 0.2) is 36.5 Å². The van der Waals surface area contributed by atoms with E-state index in [0.717, 1.165) is 34.0 Å². The van der Waals surface area contributed by atoms with Gasteiger partial charge in [0, 0.05) is 30.1 Å². The summed E-state index contributed by atoms with van der Waals surface area (Å²) in [5, 5.41) is 7.37. The Morgan fingerprint density at radius 3 is 2.71 bits per heavy atom. The van der Waals surface area contributed by atoms with Crippen LogP contribution < -0.4 is 10.1 Å². The molecule has 3 aromatic rings. The number of nitrogens with one attached hydrogen (secondary N) is 1. The van der Waals surface area contributed by atoms with Crippen molar-refractivity contribution in [3.8, 4) is 17.0 Å². The Balaban J connectivity index is 1.51. The van der Waals surface area contributed by atoms with Crippen LogP contribution in [-0.4, -0.2) is 44.3 Å². The highest BCUT2D eigenvalue weighted by atomic mass is 16.5. The third-order valence-corrected chi connectivity index (χ3v) is 4.81. The molecule has 0 radical (unpaired) electrons. The summed E-state index contributed by atoms with van der Waals surface area (Å²) in [6.45, 7) is 5.54. The molecule has 0 spiro atoms. The van der Waals surface area contributed by atoms with Crippen molar-refractivity contribution in [3.05, 3.63) is 53.7 Å². The fraction of sp³-hybridized carbons (Fsp3) is 0.300. The third kappa shape index (κ3) is 3.53. The van der Waals surface area contributed by atoms with Gasteiger partial charge in [-0.25, -0.2) is 19.4 Å². The van der Waals surface area contributed by atoms with Crippen LogP contribution in [0.25, 0.3) is 11.1 Å². The molecule has 0 bridgehead atoms. The van der Waals surface area contributed by atoms with E-state index in [9.17, 15) is 4.79 Å². The quantitative estimate of drug-likeness (QED) is 0.757. The highest BCUT2D eigenvalue weighted by Crippen LogP contribution is 2.26. The van der Waals surface area contributed by atoms with Crippen LogP contribution in [0, 0.1) is 13.8 Å². The van der Waals surface area contributed by atoms with Gasteiger partial charge >= 0.3 is 6.03 Å². The molecule has 0 aliphatic carbocycles. The van der Waals surface area contributed by atoms with Crippen LogP contribution in [0.3, 0.4) is 0 Å². The first-order valence-electron chi connectivity index (χ1n) is 9.11. The molecule has 28 heavy (non-hydrogen) atoms. The third-order valence-electron chi connectivity index (χ3n) is 4.81. The van der Waals surface area contributed by atoms with Gasteiger partial charge in [-0.1, -0.05) is 12.1 Å². The largest absolute Gasteiger partial charge is 0.481 e. The van der Waals surface area contributed by atoms with Crippen LogP contribution in [0.1, 0.15) is 17.2 Å². The monoisotopic (exact) mass is 378 g/mol. The molecular weight excluding hydrogens is 356 g/mol. The highest BCUT2D eigenvalue weighted by Gasteiger charge is 2.23. The smallest absolute Gasteiger partial charge is 0.322 e. The summed E-state index contributed by atoms with van der Waals surface area (Å²) in [7, 11) is 1.59. The van der Waals surface area contributed by atoms with Gasteiger partial charge in [-0.3, -0.25) is 0 Å². The predicted octanol–water partition coefficient (Wildman–Crippen LogP) is 3.01. The topological polar surface area (TPSA) is 85.2 Å². The number of urea groups is 1. The normalized spacial score (nSPS) is 13.2. The molecule has 8 heteroatoms. The molecule has 0 unspecified atom stereocenters. The number of methoxy groups -OCH3 is 1. The van der Waals surface area contributed by atoms with Crippen LogP contribution >= 0.6 is 0 Å². The summed E-state index contributed by atoms with van der Waals surface area (Å²) in [5.74, 6) is 2.11. The van der Waals surface area contributed by atoms with E-state index in [-0.39, 0.29) is 6.03 Å². The number of carbonyl (C=O) groups is 1. The first-order chi connectivity index (χ1) is 13.5. The summed E-state index contributed by atoms with van der Waals surface area (Å²) in [5.41, 5.74) is 3.71. The molecule has 3 heterocycles. The molecule has 8 nitrogen and oxygen atoms in total. The minimum Gasteiger partial charge on any atom is -0.481 e. The molecule has 2 amide bonds. The first-order valence-corrected chi connectivity index (χ1v) is 9.11. The molecule has 0 saturated heterocycles. The summed E-state index contributed by atoms with van der Waals surface area (Å²) < 4.78 is 6.97. The molecule has 1 aliphatic rings. The van der Waals surface area contributed by atoms with Crippen molar-refractivity contribution in [2.75, 3.05) is 19.0 Å². The molecular formula is C20H22N6O2. The number of pyridine rings is 1. The van der Waals surface area contributed by atoms with Crippen molar-refractivity contribution < 1.29 is 9.53 Å². The molecule has 1 aromatic carbocycles. The van der Waals surface area contributed by atoms with Gasteiger partial charge in [-0.05, 0) is 37.1 Å². The Hall–Kier alpha value is -3.42. The zero-order chi connectivity index (χ0) is 19.7. The molecule has 0 fully saturated rings. The maximum Gasteiger partial charge on any atom is 0.322 e. The second-order valence-electron chi connectivity index (χ2n) is 6.77. The van der Waals surface area contributed by atoms with Gasteiger partial charge in [0.2, 0.25) is 5.88 Å². The van der Waals surface area contributed by atoms with Crippen LogP contribution in [0.2, 0.25) is 0 Å². The first kappa shape index (κ1) is 18.0. The lowest BCUT2D eigenvalue weighted by Crippen LogP contribution is -2.41. The zero-order valence-corrected chi connectivity index (χ0v) is 16.1. The maximum atomic E-state index is 12.8. The van der Waals surface area contributed by atoms with E-state index in [1.165, 1.54) is 0 Å². The summed E-state index contributed by atoms with van der Waals surface area (Å²) in [4.78, 5) is 23.2. The Kier molecular flexibility index (Phi) is 4.68. The lowest BCUT2D eigenvalue weighted by molar-refractivity contribution is 0.193. The van der Waals surface area contributed by atoms with Crippen molar-refractivity contribution >= 4 is 11.7 Å². The Bertz CT molecular complexity index is 1010. The minimum atomic E-state index is -0.139. The predicted molar refractivity (Wildman–Crippen MR) is 105 cm³/mol. The van der Waals surface area contributed by atoms with Crippen LogP contribution in [-0.2, 0) is 13.1 Å². The van der Waals surface area contributed by atoms with Gasteiger partial charge in [0.05, 0.1) is 20.2 Å². The van der Waals surface area contributed by atoms with Gasteiger partial charge in [0.15, 0.2) is 0 Å². The molecule has 1 aliphatic heterocycles. The number of aryl methyl sites for hydroxylation is 2. The Labute approximate surface area is 163 Å². The van der Waals surface area contributed by atoms with Gasteiger partial charge < -0.3 is 15.0 Å². The van der Waals surface area contributed by atoms with Crippen molar-refractivity contribution in [1.29, 1.82) is 0 Å². The van der Waals surface area contributed by atoms with E-state index < -0.39 is 0 Å². The maximum absolute atomic E-state index is 12.8. The average Bonchev–Trinajstić information content (AvgIpc) is 3.09. The summed E-state index contributed by atoms with van der Waals surface area (Å²) in [6.07, 6.45) is 1.76. The molecule has 0 saturated carbocycles. The number of hydrogen-bond acceptors (Lipinski definition) is 5. The number of nitrogens with zero attached hydrogens (tertiary/aromatic N) is 5. The SMILES string of the molecule is COc1ccc(-c2ccc(C)c(NC(=O)N3CCn4nc(C)nc4C3)c2)cn1. The van der Waals surface area contributed by atoms with Crippen molar-refractivity contribution in [1.82, 2.24) is 24.6 Å². The number of anilines is 1. The standard InChI is InChI=1S/C20H22N6O2/c1-13-4-5-15(16-6-7-19(28-3)21-11-16)10-17(13)23-20(27)25-8-9-26-18(12-25)22-14(2)24-26/h4-7,10-11H,8-9,12H2,1-3H3,(H,23,27). The van der Waals surface area contributed by atoms with E-state index in [2.05, 4.69) is 20.4 Å². The number of hydrogen-bond donors (Lipinski definition) is 1. The highest BCUT2D eigenvalue weighted by molar-refractivity contribution is 5.91. The van der Waals surface area contributed by atoms with Gasteiger partial charge in [0.1, 0.15) is 11.6 Å². The lowest BCUT2D eigenvalue weighted by Gasteiger charge is -2.27. The average molecular weight is 378 g/mol. The molecule has 0 atom stereocenters. The van der Waals surface area contributed by atoms with E-state index >= 15 is 0 Å². The molecule has 1 N–H and O–H groups in total. The second kappa shape index (κ2) is 7.30.